The molecule has 2 aromatic rings. The smallest absolute Gasteiger partial charge is 0.156 e. The van der Waals surface area contributed by atoms with Gasteiger partial charge in [-0.05, 0) is 0 Å². The molecule has 0 radical (unpaired) electrons. The Labute approximate surface area is 65.4 Å². The molecule has 0 saturated carbocycles. The van der Waals surface area contributed by atoms with E-state index in [0.29, 0.717) is 6.07 Å². The summed E-state index contributed by atoms with van der Waals surface area (Å²) in [6, 6.07) is 0.681. The van der Waals surface area contributed by atoms with E-state index in [1.807, 2.05) is 0 Å². The second kappa shape index (κ2) is 2.13. The van der Waals surface area contributed by atoms with Crippen LogP contribution in [-0.2, 0) is 0 Å². The number of nitrogen functional groups attached to an aromatic ring is 1. The lowest BCUT2D eigenvalue weighted by atomic mass is 10.2. The Morgan fingerprint density at radius 2 is 1.83 bits per heavy atom. The van der Waals surface area contributed by atoms with E-state index >= 15 is 0 Å². The number of hydrogen-bond acceptors (Lipinski definition) is 3. The Balaban J connectivity index is 2.97. The predicted octanol–water partition coefficient (Wildman–Crippen LogP) is 0.818. The molecule has 6 heteroatoms. The predicted molar refractivity (Wildman–Crippen MR) is 38.2 cm³/mol. The normalized spacial score (nSPS) is 10.8. The number of aromatic nitrogens is 3. The molecule has 1 heterocycles. The molecule has 3 N–H and O–H groups in total. The van der Waals surface area contributed by atoms with Gasteiger partial charge < -0.3 is 5.73 Å². The van der Waals surface area contributed by atoms with E-state index in [1.165, 1.54) is 0 Å². The van der Waals surface area contributed by atoms with Gasteiger partial charge in [0, 0.05) is 6.07 Å². The summed E-state index contributed by atoms with van der Waals surface area (Å²) in [7, 11) is 0. The highest BCUT2D eigenvalue weighted by atomic mass is 19.1. The van der Waals surface area contributed by atoms with Gasteiger partial charge in [-0.15, -0.1) is 0 Å². The second-order valence-electron chi connectivity index (χ2n) is 2.27. The number of nitrogens with zero attached hydrogens (tertiary/aromatic N) is 2. The number of rotatable bonds is 0. The molecule has 0 fully saturated rings. The highest BCUT2D eigenvalue weighted by Gasteiger charge is 2.12. The van der Waals surface area contributed by atoms with Gasteiger partial charge in [-0.1, -0.05) is 0 Å². The first kappa shape index (κ1) is 6.96. The Morgan fingerprint density at radius 3 is 2.58 bits per heavy atom. The zero-order valence-electron chi connectivity index (χ0n) is 5.81. The molecule has 2 rings (SSSR count). The van der Waals surface area contributed by atoms with Crippen LogP contribution < -0.4 is 5.73 Å². The van der Waals surface area contributed by atoms with Crippen molar-refractivity contribution < 1.29 is 8.78 Å². The van der Waals surface area contributed by atoms with Gasteiger partial charge in [0.2, 0.25) is 0 Å². The third kappa shape index (κ3) is 0.744. The van der Waals surface area contributed by atoms with Crippen LogP contribution in [0.1, 0.15) is 0 Å². The van der Waals surface area contributed by atoms with Crippen LogP contribution in [0.25, 0.3) is 11.0 Å². The third-order valence-electron chi connectivity index (χ3n) is 1.54. The van der Waals surface area contributed by atoms with Crippen LogP contribution in [0.15, 0.2) is 6.07 Å². The van der Waals surface area contributed by atoms with Crippen LogP contribution in [0.5, 0.6) is 0 Å². The molecule has 1 aromatic carbocycles. The van der Waals surface area contributed by atoms with Crippen molar-refractivity contribution in [3.63, 3.8) is 0 Å². The first-order valence-corrected chi connectivity index (χ1v) is 3.14. The fourth-order valence-electron chi connectivity index (χ4n) is 0.956. The van der Waals surface area contributed by atoms with Crippen molar-refractivity contribution in [3.05, 3.63) is 17.7 Å². The summed E-state index contributed by atoms with van der Waals surface area (Å²) in [6.07, 6.45) is 0. The molecule has 12 heavy (non-hydrogen) atoms. The van der Waals surface area contributed by atoms with Crippen molar-refractivity contribution in [3.8, 4) is 0 Å². The lowest BCUT2D eigenvalue weighted by molar-refractivity contribution is 0.593. The van der Waals surface area contributed by atoms with E-state index in [1.54, 1.807) is 0 Å². The number of fused-ring (bicyclic) bond motifs is 1. The first-order chi connectivity index (χ1) is 5.70. The molecular weight excluding hydrogens is 166 g/mol. The van der Waals surface area contributed by atoms with E-state index in [4.69, 9.17) is 5.73 Å². The number of H-pyrrole nitrogens is 1. The average Bonchev–Trinajstić information content (AvgIpc) is 2.48. The fraction of sp³-hybridized carbons (Fsp3) is 0. The minimum absolute atomic E-state index is 0.0208. The Morgan fingerprint density at radius 1 is 1.17 bits per heavy atom. The van der Waals surface area contributed by atoms with Crippen molar-refractivity contribution in [1.82, 2.24) is 15.4 Å². The largest absolute Gasteiger partial charge is 0.394 e. The fourth-order valence-corrected chi connectivity index (χ4v) is 0.956. The van der Waals surface area contributed by atoms with Gasteiger partial charge in [0.1, 0.15) is 5.52 Å². The topological polar surface area (TPSA) is 67.6 Å². The lowest BCUT2D eigenvalue weighted by Crippen LogP contribution is -1.93. The maximum absolute atomic E-state index is 12.8. The minimum Gasteiger partial charge on any atom is -0.394 e. The maximum atomic E-state index is 12.8. The van der Waals surface area contributed by atoms with Gasteiger partial charge in [0.05, 0.1) is 5.69 Å². The first-order valence-electron chi connectivity index (χ1n) is 3.14. The van der Waals surface area contributed by atoms with Crippen molar-refractivity contribution in [2.75, 3.05) is 5.73 Å². The number of halogens is 2. The van der Waals surface area contributed by atoms with E-state index in [2.05, 4.69) is 15.4 Å². The number of anilines is 1. The Hall–Kier alpha value is -1.72. The summed E-state index contributed by atoms with van der Waals surface area (Å²) < 4.78 is 25.6. The van der Waals surface area contributed by atoms with Gasteiger partial charge >= 0.3 is 0 Å². The number of nitrogens with two attached hydrogens (primary N) is 1. The van der Waals surface area contributed by atoms with Crippen molar-refractivity contribution >= 4 is 16.7 Å². The van der Waals surface area contributed by atoms with Crippen LogP contribution in [-0.4, -0.2) is 15.4 Å². The Kier molecular flexibility index (Phi) is 1.24. The quantitative estimate of drug-likeness (QED) is 0.575. The molecule has 0 spiro atoms. The molecule has 0 atom stereocenters. The van der Waals surface area contributed by atoms with Crippen LogP contribution in [0.4, 0.5) is 14.5 Å². The highest BCUT2D eigenvalue weighted by Crippen LogP contribution is 2.22. The van der Waals surface area contributed by atoms with E-state index in [0.717, 1.165) is 0 Å². The maximum Gasteiger partial charge on any atom is 0.156 e. The van der Waals surface area contributed by atoms with E-state index in [9.17, 15) is 8.78 Å². The lowest BCUT2D eigenvalue weighted by Gasteiger charge is -1.95. The Bertz CT molecular complexity index is 436. The summed E-state index contributed by atoms with van der Waals surface area (Å²) >= 11 is 0. The average molecular weight is 170 g/mol. The van der Waals surface area contributed by atoms with E-state index in [-0.39, 0.29) is 16.7 Å². The van der Waals surface area contributed by atoms with Crippen LogP contribution in [0.3, 0.4) is 0 Å². The molecule has 0 saturated heterocycles. The van der Waals surface area contributed by atoms with Gasteiger partial charge in [0.15, 0.2) is 17.2 Å². The van der Waals surface area contributed by atoms with Crippen molar-refractivity contribution in [2.24, 2.45) is 0 Å². The summed E-state index contributed by atoms with van der Waals surface area (Å²) in [6.45, 7) is 0. The molecule has 0 amide bonds. The van der Waals surface area contributed by atoms with Gasteiger partial charge in [0.25, 0.3) is 0 Å². The standard InChI is InChI=1S/C6H4F2N4/c7-2-1-3(8)5-6(4(2)9)11-12-10-5/h1H,9H2,(H,10,11,12). The minimum atomic E-state index is -0.825. The van der Waals surface area contributed by atoms with Crippen LogP contribution in [0.2, 0.25) is 0 Å². The highest BCUT2D eigenvalue weighted by molar-refractivity contribution is 5.86. The van der Waals surface area contributed by atoms with Crippen LogP contribution in [0, 0.1) is 11.6 Å². The zero-order chi connectivity index (χ0) is 8.72. The third-order valence-corrected chi connectivity index (χ3v) is 1.54. The summed E-state index contributed by atoms with van der Waals surface area (Å²) in [5.74, 6) is -1.60. The molecule has 0 unspecified atom stereocenters. The SMILES string of the molecule is Nc1c(F)cc(F)c2n[nH]nc12. The van der Waals surface area contributed by atoms with Crippen molar-refractivity contribution in [1.29, 1.82) is 0 Å². The molecule has 0 aliphatic heterocycles. The summed E-state index contributed by atoms with van der Waals surface area (Å²) in [4.78, 5) is 0. The molecule has 0 aliphatic rings. The van der Waals surface area contributed by atoms with Gasteiger partial charge in [-0.25, -0.2) is 8.78 Å². The molecular formula is C6H4F2N4. The van der Waals surface area contributed by atoms with E-state index < -0.39 is 11.6 Å². The second-order valence-corrected chi connectivity index (χ2v) is 2.27. The van der Waals surface area contributed by atoms with Gasteiger partial charge in [-0.3, -0.25) is 0 Å². The molecule has 62 valence electrons. The van der Waals surface area contributed by atoms with Crippen molar-refractivity contribution in [2.45, 2.75) is 0 Å². The number of aromatic amines is 1. The van der Waals surface area contributed by atoms with Crippen LogP contribution >= 0.6 is 0 Å². The number of nitrogens with one attached hydrogen (secondary N) is 1. The molecule has 0 aliphatic carbocycles. The zero-order valence-corrected chi connectivity index (χ0v) is 5.81. The summed E-state index contributed by atoms with van der Waals surface area (Å²) in [5.41, 5.74) is 5.05. The number of benzene rings is 1. The number of hydrogen-bond donors (Lipinski definition) is 2. The molecule has 0 bridgehead atoms. The molecule has 4 nitrogen and oxygen atoms in total. The molecule has 1 aromatic heterocycles. The summed E-state index contributed by atoms with van der Waals surface area (Å²) in [5, 5.41) is 9.12. The monoisotopic (exact) mass is 170 g/mol. The van der Waals surface area contributed by atoms with Gasteiger partial charge in [-0.2, -0.15) is 15.4 Å².